The summed E-state index contributed by atoms with van der Waals surface area (Å²) in [4.78, 5) is 14.1. The molecule has 0 saturated carbocycles. The highest BCUT2D eigenvalue weighted by atomic mass is 16.7. The largest absolute Gasteiger partial charge is 0.497 e. The second-order valence-electron chi connectivity index (χ2n) is 5.34. The number of nitrogens with zero attached hydrogens (tertiary/aromatic N) is 1. The Balaban J connectivity index is 1.65. The fraction of sp³-hybridized carbons (Fsp3) is 0.235. The monoisotopic (exact) mass is 297 g/mol. The van der Waals surface area contributed by atoms with Gasteiger partial charge in [-0.2, -0.15) is 0 Å². The number of hydrogen-bond acceptors (Lipinski definition) is 4. The van der Waals surface area contributed by atoms with Gasteiger partial charge in [0.2, 0.25) is 12.7 Å². The Hall–Kier alpha value is -2.69. The van der Waals surface area contributed by atoms with Crippen LogP contribution in [0.15, 0.2) is 36.4 Å². The molecule has 2 aliphatic rings. The normalized spacial score (nSPS) is 15.1. The first-order chi connectivity index (χ1) is 10.7. The van der Waals surface area contributed by atoms with Crippen LogP contribution in [-0.4, -0.2) is 19.8 Å². The number of carbonyl (C=O) groups is 1. The zero-order valence-corrected chi connectivity index (χ0v) is 12.2. The molecule has 0 radical (unpaired) electrons. The average molecular weight is 297 g/mol. The summed E-state index contributed by atoms with van der Waals surface area (Å²) < 4.78 is 16.0. The Morgan fingerprint density at radius 3 is 2.86 bits per heavy atom. The van der Waals surface area contributed by atoms with Gasteiger partial charge in [0.25, 0.3) is 0 Å². The minimum Gasteiger partial charge on any atom is -0.497 e. The molecule has 0 bridgehead atoms. The molecule has 5 heteroatoms. The highest BCUT2D eigenvalue weighted by Gasteiger charge is 2.28. The molecular weight excluding hydrogens is 282 g/mol. The second-order valence-corrected chi connectivity index (χ2v) is 5.34. The quantitative estimate of drug-likeness (QED) is 0.873. The SMILES string of the molecule is COc1ccc2c(c1)N(Cc1ccc3c(c1)OCO3)C(=O)C2. The smallest absolute Gasteiger partial charge is 0.231 e. The zero-order chi connectivity index (χ0) is 15.1. The highest BCUT2D eigenvalue weighted by Crippen LogP contribution is 2.36. The minimum atomic E-state index is 0.0981. The number of methoxy groups -OCH3 is 1. The molecule has 2 aliphatic heterocycles. The van der Waals surface area contributed by atoms with Crippen molar-refractivity contribution in [2.75, 3.05) is 18.8 Å². The molecule has 0 aromatic heterocycles. The molecule has 22 heavy (non-hydrogen) atoms. The summed E-state index contributed by atoms with van der Waals surface area (Å²) in [5.74, 6) is 2.33. The number of anilines is 1. The van der Waals surface area contributed by atoms with Crippen LogP contribution in [0.25, 0.3) is 0 Å². The Labute approximate surface area is 128 Å². The summed E-state index contributed by atoms with van der Waals surface area (Å²) in [6, 6.07) is 11.5. The molecule has 4 rings (SSSR count). The van der Waals surface area contributed by atoms with E-state index in [0.29, 0.717) is 13.0 Å². The molecule has 2 aromatic rings. The van der Waals surface area contributed by atoms with E-state index in [4.69, 9.17) is 14.2 Å². The first kappa shape index (κ1) is 13.0. The number of benzene rings is 2. The minimum absolute atomic E-state index is 0.0981. The molecule has 0 saturated heterocycles. The lowest BCUT2D eigenvalue weighted by Crippen LogP contribution is -2.25. The molecular formula is C17H15NO4. The first-order valence-corrected chi connectivity index (χ1v) is 7.10. The Kier molecular flexibility index (Phi) is 2.92. The number of carbonyl (C=O) groups excluding carboxylic acids is 1. The van der Waals surface area contributed by atoms with Crippen molar-refractivity contribution >= 4 is 11.6 Å². The third kappa shape index (κ3) is 2.06. The molecule has 0 spiro atoms. The van der Waals surface area contributed by atoms with Crippen molar-refractivity contribution in [1.29, 1.82) is 0 Å². The van der Waals surface area contributed by atoms with E-state index in [-0.39, 0.29) is 12.7 Å². The van der Waals surface area contributed by atoms with Gasteiger partial charge in [-0.05, 0) is 29.3 Å². The lowest BCUT2D eigenvalue weighted by molar-refractivity contribution is -0.117. The predicted octanol–water partition coefficient (Wildman–Crippen LogP) is 2.51. The lowest BCUT2D eigenvalue weighted by atomic mass is 10.1. The molecule has 0 aliphatic carbocycles. The fourth-order valence-corrected chi connectivity index (χ4v) is 2.86. The summed E-state index contributed by atoms with van der Waals surface area (Å²) in [5, 5.41) is 0. The molecule has 2 aromatic carbocycles. The summed E-state index contributed by atoms with van der Waals surface area (Å²) >= 11 is 0. The van der Waals surface area contributed by atoms with Crippen LogP contribution in [0, 0.1) is 0 Å². The highest BCUT2D eigenvalue weighted by molar-refractivity contribution is 6.01. The molecule has 112 valence electrons. The fourth-order valence-electron chi connectivity index (χ4n) is 2.86. The maximum absolute atomic E-state index is 12.3. The van der Waals surface area contributed by atoms with E-state index in [1.165, 1.54) is 0 Å². The molecule has 0 unspecified atom stereocenters. The van der Waals surface area contributed by atoms with Gasteiger partial charge in [0.15, 0.2) is 11.5 Å². The number of fused-ring (bicyclic) bond motifs is 2. The van der Waals surface area contributed by atoms with Crippen LogP contribution in [0.5, 0.6) is 17.2 Å². The number of amides is 1. The standard InChI is InChI=1S/C17H15NO4/c1-20-13-4-3-12-7-17(19)18(14(12)8-13)9-11-2-5-15-16(6-11)22-10-21-15/h2-6,8H,7,9-10H2,1H3. The van der Waals surface area contributed by atoms with Crippen LogP contribution in [-0.2, 0) is 17.8 Å². The first-order valence-electron chi connectivity index (χ1n) is 7.10. The molecule has 1 amide bonds. The van der Waals surface area contributed by atoms with E-state index >= 15 is 0 Å². The van der Waals surface area contributed by atoms with Gasteiger partial charge >= 0.3 is 0 Å². The van der Waals surface area contributed by atoms with E-state index < -0.39 is 0 Å². The Morgan fingerprint density at radius 1 is 1.14 bits per heavy atom. The summed E-state index contributed by atoms with van der Waals surface area (Å²) in [6.45, 7) is 0.761. The van der Waals surface area contributed by atoms with Gasteiger partial charge < -0.3 is 19.1 Å². The van der Waals surface area contributed by atoms with Gasteiger partial charge in [-0.1, -0.05) is 12.1 Å². The van der Waals surface area contributed by atoms with Gasteiger partial charge in [0.1, 0.15) is 5.75 Å². The van der Waals surface area contributed by atoms with Gasteiger partial charge in [0, 0.05) is 6.07 Å². The molecule has 0 N–H and O–H groups in total. The Morgan fingerprint density at radius 2 is 2.00 bits per heavy atom. The predicted molar refractivity (Wildman–Crippen MR) is 80.5 cm³/mol. The third-order valence-electron chi connectivity index (χ3n) is 4.00. The summed E-state index contributed by atoms with van der Waals surface area (Å²) in [5.41, 5.74) is 2.96. The summed E-state index contributed by atoms with van der Waals surface area (Å²) in [7, 11) is 1.63. The lowest BCUT2D eigenvalue weighted by Gasteiger charge is -2.18. The van der Waals surface area contributed by atoms with Crippen molar-refractivity contribution in [2.24, 2.45) is 0 Å². The van der Waals surface area contributed by atoms with Gasteiger partial charge in [-0.15, -0.1) is 0 Å². The zero-order valence-electron chi connectivity index (χ0n) is 12.2. The van der Waals surface area contributed by atoms with E-state index in [1.807, 2.05) is 36.4 Å². The van der Waals surface area contributed by atoms with Gasteiger partial charge in [0.05, 0.1) is 25.8 Å². The van der Waals surface area contributed by atoms with E-state index in [1.54, 1.807) is 12.0 Å². The Bertz CT molecular complexity index is 756. The van der Waals surface area contributed by atoms with Crippen LogP contribution in [0.2, 0.25) is 0 Å². The van der Waals surface area contributed by atoms with E-state index in [0.717, 1.165) is 34.1 Å². The van der Waals surface area contributed by atoms with E-state index in [2.05, 4.69) is 0 Å². The van der Waals surface area contributed by atoms with Crippen molar-refractivity contribution in [3.05, 3.63) is 47.5 Å². The van der Waals surface area contributed by atoms with Crippen molar-refractivity contribution in [2.45, 2.75) is 13.0 Å². The number of rotatable bonds is 3. The van der Waals surface area contributed by atoms with Gasteiger partial charge in [-0.25, -0.2) is 0 Å². The average Bonchev–Trinajstić information content (AvgIpc) is 3.11. The maximum atomic E-state index is 12.3. The van der Waals surface area contributed by atoms with Crippen LogP contribution in [0.1, 0.15) is 11.1 Å². The van der Waals surface area contributed by atoms with Crippen LogP contribution in [0.4, 0.5) is 5.69 Å². The van der Waals surface area contributed by atoms with Crippen molar-refractivity contribution < 1.29 is 19.0 Å². The maximum Gasteiger partial charge on any atom is 0.231 e. The van der Waals surface area contributed by atoms with Crippen molar-refractivity contribution in [1.82, 2.24) is 0 Å². The van der Waals surface area contributed by atoms with Gasteiger partial charge in [-0.3, -0.25) is 4.79 Å². The molecule has 2 heterocycles. The van der Waals surface area contributed by atoms with Crippen LogP contribution in [0.3, 0.4) is 0 Å². The molecule has 0 fully saturated rings. The number of ether oxygens (including phenoxy) is 3. The van der Waals surface area contributed by atoms with Crippen molar-refractivity contribution in [3.8, 4) is 17.2 Å². The molecule has 0 atom stereocenters. The third-order valence-corrected chi connectivity index (χ3v) is 4.00. The topological polar surface area (TPSA) is 48.0 Å². The molecule has 5 nitrogen and oxygen atoms in total. The van der Waals surface area contributed by atoms with Crippen LogP contribution >= 0.6 is 0 Å². The van der Waals surface area contributed by atoms with E-state index in [9.17, 15) is 4.79 Å². The summed E-state index contributed by atoms with van der Waals surface area (Å²) in [6.07, 6.45) is 0.434. The number of hydrogen-bond donors (Lipinski definition) is 0. The van der Waals surface area contributed by atoms with Crippen LogP contribution < -0.4 is 19.1 Å². The second kappa shape index (κ2) is 4.94. The van der Waals surface area contributed by atoms with Crippen molar-refractivity contribution in [3.63, 3.8) is 0 Å².